The SMILES string of the molecule is CCOC(=O)c1c(-c2cc(C)ccc2OC)csc1NC(=O)/C=C/c1cccc(OC)c1. The minimum Gasteiger partial charge on any atom is -0.497 e. The van der Waals surface area contributed by atoms with E-state index in [4.69, 9.17) is 14.2 Å². The van der Waals surface area contributed by atoms with Crippen LogP contribution in [0.3, 0.4) is 0 Å². The molecule has 0 saturated carbocycles. The Hall–Kier alpha value is -3.58. The number of hydrogen-bond acceptors (Lipinski definition) is 6. The molecule has 1 amide bonds. The highest BCUT2D eigenvalue weighted by Crippen LogP contribution is 2.40. The van der Waals surface area contributed by atoms with E-state index in [1.54, 1.807) is 27.2 Å². The summed E-state index contributed by atoms with van der Waals surface area (Å²) in [6, 6.07) is 13.1. The van der Waals surface area contributed by atoms with Crippen molar-refractivity contribution >= 4 is 34.3 Å². The molecule has 0 unspecified atom stereocenters. The first-order valence-electron chi connectivity index (χ1n) is 10.0. The maximum absolute atomic E-state index is 12.8. The highest BCUT2D eigenvalue weighted by molar-refractivity contribution is 7.15. The fourth-order valence-electron chi connectivity index (χ4n) is 3.16. The largest absolute Gasteiger partial charge is 0.497 e. The molecular weight excluding hydrogens is 426 g/mol. The van der Waals surface area contributed by atoms with Gasteiger partial charge in [0.25, 0.3) is 0 Å². The normalized spacial score (nSPS) is 10.8. The molecule has 0 spiro atoms. The molecule has 0 fully saturated rings. The number of ether oxygens (including phenoxy) is 3. The third-order valence-corrected chi connectivity index (χ3v) is 5.57. The zero-order valence-corrected chi connectivity index (χ0v) is 19.2. The molecule has 1 N–H and O–H groups in total. The molecule has 0 saturated heterocycles. The first-order chi connectivity index (χ1) is 15.5. The lowest BCUT2D eigenvalue weighted by atomic mass is 10.0. The van der Waals surface area contributed by atoms with Crippen molar-refractivity contribution in [1.29, 1.82) is 0 Å². The van der Waals surface area contributed by atoms with Crippen LogP contribution in [-0.2, 0) is 9.53 Å². The summed E-state index contributed by atoms with van der Waals surface area (Å²) in [7, 11) is 3.17. The Labute approximate surface area is 191 Å². The van der Waals surface area contributed by atoms with Gasteiger partial charge < -0.3 is 19.5 Å². The number of methoxy groups -OCH3 is 2. The summed E-state index contributed by atoms with van der Waals surface area (Å²) in [5, 5.41) is 5.05. The quantitative estimate of drug-likeness (QED) is 0.358. The van der Waals surface area contributed by atoms with Crippen LogP contribution < -0.4 is 14.8 Å². The van der Waals surface area contributed by atoms with E-state index in [0.717, 1.165) is 16.7 Å². The predicted octanol–water partition coefficient (Wildman–Crippen LogP) is 5.57. The van der Waals surface area contributed by atoms with Gasteiger partial charge in [-0.1, -0.05) is 23.8 Å². The lowest BCUT2D eigenvalue weighted by molar-refractivity contribution is -0.111. The molecule has 166 valence electrons. The van der Waals surface area contributed by atoms with Gasteiger partial charge in [-0.15, -0.1) is 11.3 Å². The number of carbonyl (C=O) groups excluding carboxylic acids is 2. The average molecular weight is 452 g/mol. The second-order valence-electron chi connectivity index (χ2n) is 6.88. The van der Waals surface area contributed by atoms with Gasteiger partial charge in [0.15, 0.2) is 0 Å². The smallest absolute Gasteiger partial charge is 0.341 e. The Morgan fingerprint density at radius 3 is 2.59 bits per heavy atom. The molecular formula is C25H25NO5S. The van der Waals surface area contributed by atoms with Crippen LogP contribution in [0.25, 0.3) is 17.2 Å². The van der Waals surface area contributed by atoms with Gasteiger partial charge in [-0.25, -0.2) is 4.79 Å². The molecule has 0 bridgehead atoms. The molecule has 32 heavy (non-hydrogen) atoms. The summed E-state index contributed by atoms with van der Waals surface area (Å²) in [4.78, 5) is 25.4. The van der Waals surface area contributed by atoms with E-state index in [1.165, 1.54) is 17.4 Å². The molecule has 0 aliphatic carbocycles. The maximum atomic E-state index is 12.8. The average Bonchev–Trinajstić information content (AvgIpc) is 3.21. The van der Waals surface area contributed by atoms with Crippen molar-refractivity contribution in [3.05, 3.63) is 70.6 Å². The molecule has 3 aromatic rings. The van der Waals surface area contributed by atoms with Crippen LogP contribution in [-0.4, -0.2) is 32.7 Å². The number of amides is 1. The van der Waals surface area contributed by atoms with Crippen molar-refractivity contribution in [2.24, 2.45) is 0 Å². The summed E-state index contributed by atoms with van der Waals surface area (Å²) in [6.07, 6.45) is 3.09. The van der Waals surface area contributed by atoms with Crippen LogP contribution in [0.4, 0.5) is 5.00 Å². The number of esters is 1. The third kappa shape index (κ3) is 5.36. The van der Waals surface area contributed by atoms with Crippen molar-refractivity contribution in [2.75, 3.05) is 26.1 Å². The Kier molecular flexibility index (Phi) is 7.68. The number of anilines is 1. The Balaban J connectivity index is 1.93. The first kappa shape index (κ1) is 23.1. The van der Waals surface area contributed by atoms with Crippen LogP contribution in [0.2, 0.25) is 0 Å². The molecule has 1 heterocycles. The van der Waals surface area contributed by atoms with Gasteiger partial charge in [-0.05, 0) is 49.8 Å². The Morgan fingerprint density at radius 2 is 1.88 bits per heavy atom. The van der Waals surface area contributed by atoms with Crippen LogP contribution in [0.15, 0.2) is 53.9 Å². The van der Waals surface area contributed by atoms with E-state index in [-0.39, 0.29) is 12.5 Å². The minimum absolute atomic E-state index is 0.224. The van der Waals surface area contributed by atoms with Crippen molar-refractivity contribution in [3.8, 4) is 22.6 Å². The summed E-state index contributed by atoms with van der Waals surface area (Å²) < 4.78 is 16.0. The molecule has 2 aromatic carbocycles. The van der Waals surface area contributed by atoms with Crippen LogP contribution >= 0.6 is 11.3 Å². The number of benzene rings is 2. The molecule has 3 rings (SSSR count). The standard InChI is InChI=1S/C25H25NO5S/c1-5-31-25(28)23-20(19-13-16(2)9-11-21(19)30-4)15-32-24(23)26-22(27)12-10-17-7-6-8-18(14-17)29-3/h6-15H,5H2,1-4H3,(H,26,27)/b12-10+. The molecule has 7 heteroatoms. The van der Waals surface area contributed by atoms with Crippen LogP contribution in [0.1, 0.15) is 28.4 Å². The number of thiophene rings is 1. The van der Waals surface area contributed by atoms with E-state index >= 15 is 0 Å². The highest BCUT2D eigenvalue weighted by atomic mass is 32.1. The van der Waals surface area contributed by atoms with Gasteiger partial charge in [0.05, 0.1) is 20.8 Å². The summed E-state index contributed by atoms with van der Waals surface area (Å²) in [6.45, 7) is 3.93. The lowest BCUT2D eigenvalue weighted by Gasteiger charge is -2.11. The second-order valence-corrected chi connectivity index (χ2v) is 7.76. The number of aryl methyl sites for hydroxylation is 1. The van der Waals surface area contributed by atoms with Crippen molar-refractivity contribution < 1.29 is 23.8 Å². The van der Waals surface area contributed by atoms with E-state index in [9.17, 15) is 9.59 Å². The molecule has 0 atom stereocenters. The van der Waals surface area contributed by atoms with Gasteiger partial charge in [-0.3, -0.25) is 4.79 Å². The number of nitrogens with one attached hydrogen (secondary N) is 1. The zero-order valence-electron chi connectivity index (χ0n) is 18.4. The van der Waals surface area contributed by atoms with Gasteiger partial charge in [0.2, 0.25) is 5.91 Å². The summed E-state index contributed by atoms with van der Waals surface area (Å²) in [5.41, 5.74) is 3.57. The van der Waals surface area contributed by atoms with Crippen molar-refractivity contribution in [1.82, 2.24) is 0 Å². The molecule has 0 radical (unpaired) electrons. The van der Waals surface area contributed by atoms with Crippen LogP contribution in [0.5, 0.6) is 11.5 Å². The zero-order chi connectivity index (χ0) is 23.1. The fraction of sp³-hybridized carbons (Fsp3) is 0.200. The summed E-state index contributed by atoms with van der Waals surface area (Å²) >= 11 is 1.26. The van der Waals surface area contributed by atoms with Gasteiger partial charge >= 0.3 is 5.97 Å². The third-order valence-electron chi connectivity index (χ3n) is 4.67. The van der Waals surface area contributed by atoms with E-state index in [2.05, 4.69) is 5.32 Å². The first-order valence-corrected chi connectivity index (χ1v) is 10.9. The minimum atomic E-state index is -0.501. The lowest BCUT2D eigenvalue weighted by Crippen LogP contribution is -2.12. The molecule has 6 nitrogen and oxygen atoms in total. The number of rotatable bonds is 8. The highest BCUT2D eigenvalue weighted by Gasteiger charge is 2.24. The Morgan fingerprint density at radius 1 is 1.06 bits per heavy atom. The van der Waals surface area contributed by atoms with Crippen molar-refractivity contribution in [2.45, 2.75) is 13.8 Å². The maximum Gasteiger partial charge on any atom is 0.341 e. The predicted molar refractivity (Wildman–Crippen MR) is 128 cm³/mol. The summed E-state index contributed by atoms with van der Waals surface area (Å²) in [5.74, 6) is 0.476. The molecule has 1 aromatic heterocycles. The number of carbonyl (C=O) groups is 2. The monoisotopic (exact) mass is 451 g/mol. The Bertz CT molecular complexity index is 1150. The van der Waals surface area contributed by atoms with Crippen molar-refractivity contribution in [3.63, 3.8) is 0 Å². The van der Waals surface area contributed by atoms with E-state index in [1.807, 2.05) is 54.8 Å². The fourth-order valence-corrected chi connectivity index (χ4v) is 4.11. The topological polar surface area (TPSA) is 73.9 Å². The van der Waals surface area contributed by atoms with E-state index < -0.39 is 5.97 Å². The molecule has 0 aliphatic heterocycles. The van der Waals surface area contributed by atoms with Gasteiger partial charge in [0, 0.05) is 22.6 Å². The van der Waals surface area contributed by atoms with E-state index in [0.29, 0.717) is 27.6 Å². The second kappa shape index (κ2) is 10.6. The molecule has 0 aliphatic rings. The van der Waals surface area contributed by atoms with Gasteiger partial charge in [-0.2, -0.15) is 0 Å². The van der Waals surface area contributed by atoms with Crippen LogP contribution in [0, 0.1) is 6.92 Å². The number of hydrogen-bond donors (Lipinski definition) is 1. The van der Waals surface area contributed by atoms with Gasteiger partial charge in [0.1, 0.15) is 22.1 Å².